The van der Waals surface area contributed by atoms with Gasteiger partial charge in [0.15, 0.2) is 5.76 Å². The molecule has 1 aliphatic heterocycles. The van der Waals surface area contributed by atoms with Gasteiger partial charge < -0.3 is 18.9 Å². The molecule has 0 radical (unpaired) electrons. The molecule has 0 spiro atoms. The standard InChI is InChI=1S/C24H24F2N4O3/c1-14-11-29(13-27-14)19-7-5-17(9-20(19)32-4)10-21-24(31)30(12-15(2)33-21)16(3)18-6-8-22(25)28-23(18)26/h5-11,13,15-16H,12H2,1-4H3/t15?,16-/m1/s1. The van der Waals surface area contributed by atoms with Crippen molar-refractivity contribution in [2.75, 3.05) is 13.7 Å². The predicted molar refractivity (Wildman–Crippen MR) is 118 cm³/mol. The van der Waals surface area contributed by atoms with Gasteiger partial charge in [0, 0.05) is 11.8 Å². The van der Waals surface area contributed by atoms with Gasteiger partial charge in [-0.15, -0.1) is 0 Å². The molecule has 1 unspecified atom stereocenters. The number of carbonyl (C=O) groups excluding carboxylic acids is 1. The first kappa shape index (κ1) is 22.4. The van der Waals surface area contributed by atoms with Crippen LogP contribution in [-0.2, 0) is 9.53 Å². The van der Waals surface area contributed by atoms with Crippen LogP contribution in [0.5, 0.6) is 5.75 Å². The summed E-state index contributed by atoms with van der Waals surface area (Å²) in [4.78, 5) is 22.2. The molecule has 1 saturated heterocycles. The molecular weight excluding hydrogens is 430 g/mol. The van der Waals surface area contributed by atoms with Gasteiger partial charge in [0.05, 0.1) is 37.4 Å². The minimum atomic E-state index is -0.935. The van der Waals surface area contributed by atoms with Crippen LogP contribution in [0.25, 0.3) is 11.8 Å². The molecule has 9 heteroatoms. The number of aromatic nitrogens is 3. The van der Waals surface area contributed by atoms with E-state index in [4.69, 9.17) is 9.47 Å². The second-order valence-corrected chi connectivity index (χ2v) is 7.94. The Labute approximate surface area is 190 Å². The van der Waals surface area contributed by atoms with Gasteiger partial charge in [-0.05, 0) is 56.7 Å². The van der Waals surface area contributed by atoms with Crippen molar-refractivity contribution in [3.05, 3.63) is 77.3 Å². The number of aryl methyl sites for hydroxylation is 1. The van der Waals surface area contributed by atoms with E-state index < -0.39 is 23.8 Å². The highest BCUT2D eigenvalue weighted by Crippen LogP contribution is 2.30. The Kier molecular flexibility index (Phi) is 6.13. The van der Waals surface area contributed by atoms with Gasteiger partial charge in [-0.3, -0.25) is 4.79 Å². The monoisotopic (exact) mass is 454 g/mol. The number of ether oxygens (including phenoxy) is 2. The first-order chi connectivity index (χ1) is 15.8. The molecule has 0 bridgehead atoms. The van der Waals surface area contributed by atoms with E-state index in [1.54, 1.807) is 32.5 Å². The maximum atomic E-state index is 14.2. The number of nitrogens with zero attached hydrogens (tertiary/aromatic N) is 4. The molecule has 1 fully saturated rings. The third-order valence-corrected chi connectivity index (χ3v) is 5.51. The first-order valence-electron chi connectivity index (χ1n) is 10.5. The van der Waals surface area contributed by atoms with Crippen molar-refractivity contribution in [2.45, 2.75) is 32.9 Å². The maximum absolute atomic E-state index is 14.2. The van der Waals surface area contributed by atoms with Crippen LogP contribution in [0.4, 0.5) is 8.78 Å². The molecule has 1 aliphatic rings. The third kappa shape index (κ3) is 4.57. The van der Waals surface area contributed by atoms with Gasteiger partial charge in [-0.1, -0.05) is 6.07 Å². The Balaban J connectivity index is 1.64. The summed E-state index contributed by atoms with van der Waals surface area (Å²) in [6, 6.07) is 7.24. The summed E-state index contributed by atoms with van der Waals surface area (Å²) < 4.78 is 40.6. The molecule has 0 aliphatic carbocycles. The van der Waals surface area contributed by atoms with Crippen molar-refractivity contribution in [3.8, 4) is 11.4 Å². The van der Waals surface area contributed by atoms with Gasteiger partial charge in [-0.25, -0.2) is 4.98 Å². The van der Waals surface area contributed by atoms with E-state index in [9.17, 15) is 13.6 Å². The number of imidazole rings is 1. The molecule has 2 atom stereocenters. The Morgan fingerprint density at radius 2 is 2.06 bits per heavy atom. The van der Waals surface area contributed by atoms with Gasteiger partial charge >= 0.3 is 0 Å². The second kappa shape index (κ2) is 9.01. The van der Waals surface area contributed by atoms with E-state index in [1.165, 1.54) is 11.0 Å². The number of morpholine rings is 1. The lowest BCUT2D eigenvalue weighted by atomic mass is 10.1. The molecule has 33 heavy (non-hydrogen) atoms. The van der Waals surface area contributed by atoms with E-state index in [2.05, 4.69) is 9.97 Å². The summed E-state index contributed by atoms with van der Waals surface area (Å²) in [5.41, 5.74) is 2.52. The summed E-state index contributed by atoms with van der Waals surface area (Å²) in [6.45, 7) is 5.66. The van der Waals surface area contributed by atoms with Crippen molar-refractivity contribution >= 4 is 12.0 Å². The summed E-state index contributed by atoms with van der Waals surface area (Å²) in [7, 11) is 1.57. The van der Waals surface area contributed by atoms with Gasteiger partial charge in [0.25, 0.3) is 5.91 Å². The van der Waals surface area contributed by atoms with Crippen LogP contribution in [0, 0.1) is 18.8 Å². The molecule has 4 rings (SSSR count). The number of halogens is 2. The molecule has 1 amide bonds. The number of hydrogen-bond donors (Lipinski definition) is 0. The zero-order valence-corrected chi connectivity index (χ0v) is 18.8. The lowest BCUT2D eigenvalue weighted by Gasteiger charge is -2.37. The highest BCUT2D eigenvalue weighted by Gasteiger charge is 2.34. The fraction of sp³-hybridized carbons (Fsp3) is 0.292. The van der Waals surface area contributed by atoms with E-state index in [0.717, 1.165) is 17.4 Å². The second-order valence-electron chi connectivity index (χ2n) is 7.94. The number of methoxy groups -OCH3 is 1. The lowest BCUT2D eigenvalue weighted by Crippen LogP contribution is -2.45. The minimum Gasteiger partial charge on any atom is -0.495 e. The minimum absolute atomic E-state index is 0.129. The zero-order valence-electron chi connectivity index (χ0n) is 18.8. The van der Waals surface area contributed by atoms with Gasteiger partial charge in [0.1, 0.15) is 11.9 Å². The molecule has 2 aromatic heterocycles. The normalized spacial score (nSPS) is 18.4. The molecule has 0 N–H and O–H groups in total. The van der Waals surface area contributed by atoms with Crippen molar-refractivity contribution in [2.24, 2.45) is 0 Å². The van der Waals surface area contributed by atoms with E-state index >= 15 is 0 Å². The van der Waals surface area contributed by atoms with Gasteiger partial charge in [0.2, 0.25) is 11.9 Å². The zero-order chi connectivity index (χ0) is 23.7. The first-order valence-corrected chi connectivity index (χ1v) is 10.5. The summed E-state index contributed by atoms with van der Waals surface area (Å²) in [6.07, 6.45) is 4.89. The Morgan fingerprint density at radius 1 is 1.27 bits per heavy atom. The average molecular weight is 454 g/mol. The fourth-order valence-electron chi connectivity index (χ4n) is 3.84. The highest BCUT2D eigenvalue weighted by atomic mass is 19.1. The maximum Gasteiger partial charge on any atom is 0.289 e. The summed E-state index contributed by atoms with van der Waals surface area (Å²) in [5.74, 6) is -1.51. The smallest absolute Gasteiger partial charge is 0.289 e. The van der Waals surface area contributed by atoms with Crippen molar-refractivity contribution < 1.29 is 23.0 Å². The Hall–Kier alpha value is -3.75. The Bertz CT molecular complexity index is 1220. The van der Waals surface area contributed by atoms with E-state index in [-0.39, 0.29) is 24.0 Å². The molecule has 172 valence electrons. The van der Waals surface area contributed by atoms with Crippen LogP contribution >= 0.6 is 0 Å². The topological polar surface area (TPSA) is 69.5 Å². The van der Waals surface area contributed by atoms with Crippen LogP contribution in [-0.4, -0.2) is 45.1 Å². The van der Waals surface area contributed by atoms with Crippen LogP contribution in [0.2, 0.25) is 0 Å². The molecular formula is C24H24F2N4O3. The van der Waals surface area contributed by atoms with E-state index in [0.29, 0.717) is 11.3 Å². The average Bonchev–Trinajstić information content (AvgIpc) is 3.21. The lowest BCUT2D eigenvalue weighted by molar-refractivity contribution is -0.141. The van der Waals surface area contributed by atoms with Gasteiger partial charge in [-0.2, -0.15) is 13.8 Å². The van der Waals surface area contributed by atoms with Crippen molar-refractivity contribution in [1.82, 2.24) is 19.4 Å². The Morgan fingerprint density at radius 3 is 2.73 bits per heavy atom. The molecule has 3 heterocycles. The summed E-state index contributed by atoms with van der Waals surface area (Å²) in [5, 5.41) is 0. The molecule has 1 aromatic carbocycles. The van der Waals surface area contributed by atoms with Crippen molar-refractivity contribution in [3.63, 3.8) is 0 Å². The van der Waals surface area contributed by atoms with Crippen LogP contribution in [0.15, 0.2) is 48.6 Å². The SMILES string of the molecule is COc1cc(C=C2OC(C)CN([C@H](C)c3ccc(F)nc3F)C2=O)ccc1-n1cnc(C)c1. The highest BCUT2D eigenvalue weighted by molar-refractivity contribution is 5.96. The largest absolute Gasteiger partial charge is 0.495 e. The number of amides is 1. The van der Waals surface area contributed by atoms with Crippen LogP contribution in [0.1, 0.15) is 36.7 Å². The number of pyridine rings is 1. The third-order valence-electron chi connectivity index (χ3n) is 5.51. The molecule has 7 nitrogen and oxygen atoms in total. The van der Waals surface area contributed by atoms with Crippen molar-refractivity contribution in [1.29, 1.82) is 0 Å². The number of benzene rings is 1. The van der Waals surface area contributed by atoms with Crippen LogP contribution in [0.3, 0.4) is 0 Å². The number of rotatable bonds is 5. The number of carbonyl (C=O) groups is 1. The fourth-order valence-corrected chi connectivity index (χ4v) is 3.84. The molecule has 3 aromatic rings. The quantitative estimate of drug-likeness (QED) is 0.427. The molecule has 0 saturated carbocycles. The van der Waals surface area contributed by atoms with E-state index in [1.807, 2.05) is 36.7 Å². The van der Waals surface area contributed by atoms with Crippen LogP contribution < -0.4 is 4.74 Å². The summed E-state index contributed by atoms with van der Waals surface area (Å²) >= 11 is 0. The number of hydrogen-bond acceptors (Lipinski definition) is 5. The predicted octanol–water partition coefficient (Wildman–Crippen LogP) is 4.21.